The molecule has 1 aliphatic rings. The Kier molecular flexibility index (Phi) is 4.46. The molecule has 6 heteroatoms. The molecule has 1 fully saturated rings. The maximum atomic E-state index is 13.0. The zero-order valence-electron chi connectivity index (χ0n) is 14.7. The Balaban J connectivity index is 1.59. The molecule has 1 saturated heterocycles. The van der Waals surface area contributed by atoms with Crippen molar-refractivity contribution in [1.82, 2.24) is 9.29 Å². The van der Waals surface area contributed by atoms with E-state index in [9.17, 15) is 8.42 Å². The number of rotatable bonds is 4. The van der Waals surface area contributed by atoms with Crippen molar-refractivity contribution in [2.24, 2.45) is 0 Å². The fourth-order valence-corrected chi connectivity index (χ4v) is 5.15. The monoisotopic (exact) mass is 370 g/mol. The summed E-state index contributed by atoms with van der Waals surface area (Å²) < 4.78 is 32.7. The topological polar surface area (TPSA) is 62.4 Å². The Morgan fingerprint density at radius 2 is 1.88 bits per heavy atom. The minimum atomic E-state index is -3.49. The number of piperidine rings is 1. The molecule has 4 rings (SSSR count). The molecule has 1 atom stereocenters. The fourth-order valence-electron chi connectivity index (χ4n) is 3.63. The van der Waals surface area contributed by atoms with Gasteiger partial charge >= 0.3 is 0 Å². The number of nitrogens with zero attached hydrogens (tertiary/aromatic N) is 1. The molecule has 0 saturated carbocycles. The molecule has 0 aliphatic carbocycles. The molecule has 2 aromatic carbocycles. The van der Waals surface area contributed by atoms with Crippen molar-refractivity contribution in [1.29, 1.82) is 0 Å². The molecule has 1 N–H and O–H groups in total. The zero-order chi connectivity index (χ0) is 18.1. The van der Waals surface area contributed by atoms with Crippen molar-refractivity contribution >= 4 is 20.9 Å². The number of H-pyrrole nitrogens is 1. The van der Waals surface area contributed by atoms with E-state index >= 15 is 0 Å². The van der Waals surface area contributed by atoms with E-state index in [-0.39, 0.29) is 5.92 Å². The molecule has 0 radical (unpaired) electrons. The summed E-state index contributed by atoms with van der Waals surface area (Å²) in [6.07, 6.45) is 1.84. The molecule has 26 heavy (non-hydrogen) atoms. The maximum Gasteiger partial charge on any atom is 0.243 e. The Bertz CT molecular complexity index is 976. The molecule has 1 aliphatic heterocycles. The second-order valence-electron chi connectivity index (χ2n) is 6.69. The van der Waals surface area contributed by atoms with E-state index in [1.54, 1.807) is 35.7 Å². The van der Waals surface area contributed by atoms with E-state index in [4.69, 9.17) is 4.74 Å². The molecular weight excluding hydrogens is 348 g/mol. The molecule has 136 valence electrons. The molecule has 1 aromatic heterocycles. The number of hydrogen-bond donors (Lipinski definition) is 1. The van der Waals surface area contributed by atoms with Crippen LogP contribution in [0.1, 0.15) is 24.5 Å². The van der Waals surface area contributed by atoms with Crippen LogP contribution in [-0.4, -0.2) is 37.9 Å². The highest BCUT2D eigenvalue weighted by Crippen LogP contribution is 2.31. The van der Waals surface area contributed by atoms with Gasteiger partial charge in [-0.15, -0.1) is 0 Å². The second kappa shape index (κ2) is 6.78. The number of hydrogen-bond acceptors (Lipinski definition) is 3. The summed E-state index contributed by atoms with van der Waals surface area (Å²) in [6, 6.07) is 16.9. The number of aromatic amines is 1. The maximum absolute atomic E-state index is 13.0. The third-order valence-electron chi connectivity index (χ3n) is 5.07. The van der Waals surface area contributed by atoms with Crippen LogP contribution in [0.4, 0.5) is 0 Å². The van der Waals surface area contributed by atoms with Crippen molar-refractivity contribution in [2.45, 2.75) is 23.7 Å². The first-order valence-corrected chi connectivity index (χ1v) is 10.2. The summed E-state index contributed by atoms with van der Waals surface area (Å²) in [5.74, 6) is 0.836. The third-order valence-corrected chi connectivity index (χ3v) is 6.95. The Hall–Kier alpha value is -2.31. The second-order valence-corrected chi connectivity index (χ2v) is 8.63. The van der Waals surface area contributed by atoms with E-state index in [0.717, 1.165) is 29.4 Å². The summed E-state index contributed by atoms with van der Waals surface area (Å²) in [4.78, 5) is 3.77. The van der Waals surface area contributed by atoms with Gasteiger partial charge in [-0.3, -0.25) is 0 Å². The quantitative estimate of drug-likeness (QED) is 0.761. The van der Waals surface area contributed by atoms with Gasteiger partial charge in [0.25, 0.3) is 0 Å². The number of nitrogens with one attached hydrogen (secondary N) is 1. The van der Waals surface area contributed by atoms with E-state index in [1.165, 1.54) is 0 Å². The summed E-state index contributed by atoms with van der Waals surface area (Å²) in [7, 11) is -1.93. The first kappa shape index (κ1) is 17.1. The number of ether oxygens (including phenoxy) is 1. The van der Waals surface area contributed by atoms with Crippen LogP contribution in [0.25, 0.3) is 10.9 Å². The smallest absolute Gasteiger partial charge is 0.243 e. The summed E-state index contributed by atoms with van der Waals surface area (Å²) in [5, 5.41) is 1.16. The van der Waals surface area contributed by atoms with Crippen molar-refractivity contribution in [3.05, 3.63) is 60.3 Å². The van der Waals surface area contributed by atoms with Crippen LogP contribution in [0.5, 0.6) is 5.75 Å². The minimum absolute atomic E-state index is 0.184. The van der Waals surface area contributed by atoms with Gasteiger partial charge < -0.3 is 9.72 Å². The summed E-state index contributed by atoms with van der Waals surface area (Å²) >= 11 is 0. The van der Waals surface area contributed by atoms with Crippen molar-refractivity contribution < 1.29 is 13.2 Å². The van der Waals surface area contributed by atoms with E-state index in [1.807, 2.05) is 18.2 Å². The Labute approximate surface area is 153 Å². The Morgan fingerprint density at radius 1 is 1.12 bits per heavy atom. The van der Waals surface area contributed by atoms with Crippen LogP contribution in [0, 0.1) is 0 Å². The van der Waals surface area contributed by atoms with Crippen LogP contribution in [0.3, 0.4) is 0 Å². The molecule has 1 unspecified atom stereocenters. The SMILES string of the molecule is COc1ccc(S(=O)(=O)N2CCCC(c3cc4ccccc4[nH]3)C2)cc1. The van der Waals surface area contributed by atoms with Crippen LogP contribution >= 0.6 is 0 Å². The lowest BCUT2D eigenvalue weighted by molar-refractivity contribution is 0.313. The summed E-state index contributed by atoms with van der Waals surface area (Å²) in [5.41, 5.74) is 2.21. The number of fused-ring (bicyclic) bond motifs is 1. The summed E-state index contributed by atoms with van der Waals surface area (Å²) in [6.45, 7) is 1.06. The predicted molar refractivity (Wildman–Crippen MR) is 102 cm³/mol. The van der Waals surface area contributed by atoms with Gasteiger partial charge in [0.2, 0.25) is 10.0 Å². The van der Waals surface area contributed by atoms with Gasteiger partial charge in [0.05, 0.1) is 12.0 Å². The average Bonchev–Trinajstić information content (AvgIpc) is 3.12. The molecule has 0 amide bonds. The van der Waals surface area contributed by atoms with Gasteiger partial charge in [0, 0.05) is 30.2 Å². The van der Waals surface area contributed by atoms with Gasteiger partial charge in [-0.2, -0.15) is 4.31 Å². The molecule has 0 bridgehead atoms. The third kappa shape index (κ3) is 3.10. The van der Waals surface area contributed by atoms with Gasteiger partial charge in [-0.05, 0) is 54.6 Å². The van der Waals surface area contributed by atoms with Crippen LogP contribution in [0.2, 0.25) is 0 Å². The largest absolute Gasteiger partial charge is 0.497 e. The minimum Gasteiger partial charge on any atom is -0.497 e. The molecule has 5 nitrogen and oxygen atoms in total. The van der Waals surface area contributed by atoms with E-state index < -0.39 is 10.0 Å². The van der Waals surface area contributed by atoms with Gasteiger partial charge in [-0.25, -0.2) is 8.42 Å². The van der Waals surface area contributed by atoms with Gasteiger partial charge in [0.15, 0.2) is 0 Å². The van der Waals surface area contributed by atoms with Gasteiger partial charge in [0.1, 0.15) is 5.75 Å². The number of sulfonamides is 1. The number of methoxy groups -OCH3 is 1. The van der Waals surface area contributed by atoms with E-state index in [2.05, 4.69) is 17.1 Å². The van der Waals surface area contributed by atoms with Crippen molar-refractivity contribution in [3.8, 4) is 5.75 Å². The number of benzene rings is 2. The Morgan fingerprint density at radius 3 is 2.62 bits per heavy atom. The predicted octanol–water partition coefficient (Wildman–Crippen LogP) is 3.74. The molecule has 0 spiro atoms. The lowest BCUT2D eigenvalue weighted by atomic mass is 9.96. The van der Waals surface area contributed by atoms with Crippen LogP contribution in [0.15, 0.2) is 59.5 Å². The molecular formula is C20H22N2O3S. The first-order valence-electron chi connectivity index (χ1n) is 8.80. The van der Waals surface area contributed by atoms with Crippen LogP contribution < -0.4 is 4.74 Å². The normalized spacial score (nSPS) is 18.9. The van der Waals surface area contributed by atoms with Crippen molar-refractivity contribution in [2.75, 3.05) is 20.2 Å². The standard InChI is InChI=1S/C20H22N2O3S/c1-25-17-8-10-18(11-9-17)26(23,24)22-12-4-6-16(14-22)20-13-15-5-2-3-7-19(15)21-20/h2-3,5,7-11,13,16,21H,4,6,12,14H2,1H3. The van der Waals surface area contributed by atoms with Crippen molar-refractivity contribution in [3.63, 3.8) is 0 Å². The van der Waals surface area contributed by atoms with Crippen LogP contribution in [-0.2, 0) is 10.0 Å². The zero-order valence-corrected chi connectivity index (χ0v) is 15.5. The van der Waals surface area contributed by atoms with Gasteiger partial charge in [-0.1, -0.05) is 18.2 Å². The number of para-hydroxylation sites is 1. The first-order chi connectivity index (χ1) is 12.6. The average molecular weight is 370 g/mol. The highest BCUT2D eigenvalue weighted by molar-refractivity contribution is 7.89. The highest BCUT2D eigenvalue weighted by Gasteiger charge is 2.31. The lowest BCUT2D eigenvalue weighted by Crippen LogP contribution is -2.39. The lowest BCUT2D eigenvalue weighted by Gasteiger charge is -2.31. The molecule has 2 heterocycles. The molecule has 3 aromatic rings. The van der Waals surface area contributed by atoms with E-state index in [0.29, 0.717) is 23.7 Å². The highest BCUT2D eigenvalue weighted by atomic mass is 32.2. The fraction of sp³-hybridized carbons (Fsp3) is 0.300. The number of aromatic nitrogens is 1.